The van der Waals surface area contributed by atoms with E-state index < -0.39 is 0 Å². The smallest absolute Gasteiger partial charge is 0.119 e. The van der Waals surface area contributed by atoms with E-state index in [2.05, 4.69) is 25.7 Å². The molecular weight excluding hydrogens is 224 g/mol. The van der Waals surface area contributed by atoms with Crippen LogP contribution >= 0.6 is 0 Å². The summed E-state index contributed by atoms with van der Waals surface area (Å²) < 4.78 is 5.73. The van der Waals surface area contributed by atoms with Crippen LogP contribution in [0.25, 0.3) is 0 Å². The summed E-state index contributed by atoms with van der Waals surface area (Å²) in [5, 5.41) is 8.68. The second-order valence-corrected chi connectivity index (χ2v) is 4.58. The predicted molar refractivity (Wildman–Crippen MR) is 74.7 cm³/mol. The first-order chi connectivity index (χ1) is 8.67. The highest BCUT2D eigenvalue weighted by Crippen LogP contribution is 2.17. The van der Waals surface area contributed by atoms with Crippen LogP contribution in [0.15, 0.2) is 18.2 Å². The Balaban J connectivity index is 2.65. The zero-order valence-corrected chi connectivity index (χ0v) is 11.5. The van der Waals surface area contributed by atoms with E-state index >= 15 is 0 Å². The Morgan fingerprint density at radius 1 is 1.39 bits per heavy atom. The van der Waals surface area contributed by atoms with E-state index in [4.69, 9.17) is 9.84 Å². The molecular formula is C16H22O2. The summed E-state index contributed by atoms with van der Waals surface area (Å²) in [5.41, 5.74) is 2.11. The molecule has 98 valence electrons. The maximum atomic E-state index is 8.68. The molecule has 0 radical (unpaired) electrons. The molecule has 0 saturated heterocycles. The molecule has 0 spiro atoms. The van der Waals surface area contributed by atoms with Crippen molar-refractivity contribution < 1.29 is 9.84 Å². The molecule has 0 saturated carbocycles. The van der Waals surface area contributed by atoms with Crippen molar-refractivity contribution in [3.05, 3.63) is 29.3 Å². The average molecular weight is 246 g/mol. The minimum Gasteiger partial charge on any atom is -0.493 e. The Bertz CT molecular complexity index is 426. The molecule has 0 aliphatic rings. The number of hydrogen-bond donors (Lipinski definition) is 1. The van der Waals surface area contributed by atoms with Gasteiger partial charge in [-0.3, -0.25) is 0 Å². The molecule has 2 heteroatoms. The largest absolute Gasteiger partial charge is 0.493 e. The molecule has 1 N–H and O–H groups in total. The molecule has 1 atom stereocenters. The molecule has 18 heavy (non-hydrogen) atoms. The van der Waals surface area contributed by atoms with Gasteiger partial charge in [-0.15, -0.1) is 0 Å². The third-order valence-corrected chi connectivity index (χ3v) is 2.89. The molecule has 0 heterocycles. The van der Waals surface area contributed by atoms with E-state index in [1.54, 1.807) is 0 Å². The van der Waals surface area contributed by atoms with Gasteiger partial charge in [-0.25, -0.2) is 0 Å². The Hall–Kier alpha value is -1.46. The van der Waals surface area contributed by atoms with E-state index in [0.717, 1.165) is 29.9 Å². The number of aliphatic hydroxyl groups is 1. The topological polar surface area (TPSA) is 29.5 Å². The van der Waals surface area contributed by atoms with Crippen molar-refractivity contribution in [3.8, 4) is 17.6 Å². The van der Waals surface area contributed by atoms with Crippen LogP contribution < -0.4 is 4.74 Å². The predicted octanol–water partition coefficient (Wildman–Crippen LogP) is 3.15. The molecule has 1 unspecified atom stereocenters. The fourth-order valence-electron chi connectivity index (χ4n) is 1.44. The highest BCUT2D eigenvalue weighted by atomic mass is 16.5. The number of ether oxygens (including phenoxy) is 1. The van der Waals surface area contributed by atoms with Crippen molar-refractivity contribution in [2.75, 3.05) is 13.2 Å². The number of benzene rings is 1. The SMILES string of the molecule is CCC(C)COc1ccc(C#CCCO)c(C)c1. The van der Waals surface area contributed by atoms with Gasteiger partial charge in [0, 0.05) is 12.0 Å². The highest BCUT2D eigenvalue weighted by Gasteiger charge is 2.02. The average Bonchev–Trinajstić information content (AvgIpc) is 2.38. The van der Waals surface area contributed by atoms with Crippen LogP contribution in [0.1, 0.15) is 37.8 Å². The molecule has 2 nitrogen and oxygen atoms in total. The van der Waals surface area contributed by atoms with Crippen molar-refractivity contribution in [1.29, 1.82) is 0 Å². The van der Waals surface area contributed by atoms with Crippen LogP contribution in [0.4, 0.5) is 0 Å². The third-order valence-electron chi connectivity index (χ3n) is 2.89. The van der Waals surface area contributed by atoms with Crippen molar-refractivity contribution >= 4 is 0 Å². The normalized spacial score (nSPS) is 11.6. The van der Waals surface area contributed by atoms with Gasteiger partial charge < -0.3 is 9.84 Å². The maximum absolute atomic E-state index is 8.68. The standard InChI is InChI=1S/C16H22O2/c1-4-13(2)12-18-16-9-8-15(14(3)11-16)7-5-6-10-17/h8-9,11,13,17H,4,6,10,12H2,1-3H3. The molecule has 1 aromatic rings. The molecule has 0 aliphatic carbocycles. The zero-order valence-electron chi connectivity index (χ0n) is 11.5. The van der Waals surface area contributed by atoms with Crippen LogP contribution in [-0.2, 0) is 0 Å². The lowest BCUT2D eigenvalue weighted by molar-refractivity contribution is 0.256. The quantitative estimate of drug-likeness (QED) is 0.809. The van der Waals surface area contributed by atoms with Crippen LogP contribution in [-0.4, -0.2) is 18.3 Å². The first-order valence-corrected chi connectivity index (χ1v) is 6.50. The summed E-state index contributed by atoms with van der Waals surface area (Å²) in [4.78, 5) is 0. The van der Waals surface area contributed by atoms with Crippen molar-refractivity contribution in [2.24, 2.45) is 5.92 Å². The van der Waals surface area contributed by atoms with E-state index in [1.807, 2.05) is 25.1 Å². The number of rotatable bonds is 5. The van der Waals surface area contributed by atoms with Crippen LogP contribution in [0.5, 0.6) is 5.75 Å². The Morgan fingerprint density at radius 2 is 2.17 bits per heavy atom. The first kappa shape index (κ1) is 14.6. The van der Waals surface area contributed by atoms with Gasteiger partial charge >= 0.3 is 0 Å². The van der Waals surface area contributed by atoms with Gasteiger partial charge in [-0.1, -0.05) is 32.1 Å². The summed E-state index contributed by atoms with van der Waals surface area (Å²) in [7, 11) is 0. The second-order valence-electron chi connectivity index (χ2n) is 4.58. The summed E-state index contributed by atoms with van der Waals surface area (Å²) in [6, 6.07) is 5.95. The number of aliphatic hydroxyl groups excluding tert-OH is 1. The summed E-state index contributed by atoms with van der Waals surface area (Å²) >= 11 is 0. The van der Waals surface area contributed by atoms with Crippen molar-refractivity contribution in [2.45, 2.75) is 33.6 Å². The minimum absolute atomic E-state index is 0.113. The summed E-state index contributed by atoms with van der Waals surface area (Å²) in [6.45, 7) is 7.24. The minimum atomic E-state index is 0.113. The second kappa shape index (κ2) is 7.79. The Kier molecular flexibility index (Phi) is 6.32. The number of aryl methyl sites for hydroxylation is 1. The fraction of sp³-hybridized carbons (Fsp3) is 0.500. The van der Waals surface area contributed by atoms with Gasteiger partial charge in [0.05, 0.1) is 13.2 Å². The monoisotopic (exact) mass is 246 g/mol. The van der Waals surface area contributed by atoms with Crippen molar-refractivity contribution in [3.63, 3.8) is 0 Å². The maximum Gasteiger partial charge on any atom is 0.119 e. The molecule has 0 aromatic heterocycles. The fourth-order valence-corrected chi connectivity index (χ4v) is 1.44. The lowest BCUT2D eigenvalue weighted by Gasteiger charge is -2.11. The third kappa shape index (κ3) is 4.81. The summed E-state index contributed by atoms with van der Waals surface area (Å²) in [6.07, 6.45) is 1.65. The van der Waals surface area contributed by atoms with E-state index in [9.17, 15) is 0 Å². The van der Waals surface area contributed by atoms with Gasteiger partial charge in [-0.05, 0) is 36.6 Å². The van der Waals surface area contributed by atoms with Gasteiger partial charge in [0.15, 0.2) is 0 Å². The van der Waals surface area contributed by atoms with Crippen LogP contribution in [0.3, 0.4) is 0 Å². The van der Waals surface area contributed by atoms with E-state index in [-0.39, 0.29) is 6.61 Å². The molecule has 0 aliphatic heterocycles. The van der Waals surface area contributed by atoms with E-state index in [1.165, 1.54) is 0 Å². The van der Waals surface area contributed by atoms with Crippen LogP contribution in [0, 0.1) is 24.7 Å². The van der Waals surface area contributed by atoms with Gasteiger partial charge in [0.2, 0.25) is 0 Å². The highest BCUT2D eigenvalue weighted by molar-refractivity contribution is 5.44. The first-order valence-electron chi connectivity index (χ1n) is 6.50. The van der Waals surface area contributed by atoms with Gasteiger partial charge in [-0.2, -0.15) is 0 Å². The Labute approximate surface area is 110 Å². The van der Waals surface area contributed by atoms with Crippen LogP contribution in [0.2, 0.25) is 0 Å². The molecule has 0 fully saturated rings. The molecule has 1 aromatic carbocycles. The van der Waals surface area contributed by atoms with Gasteiger partial charge in [0.1, 0.15) is 5.75 Å². The summed E-state index contributed by atoms with van der Waals surface area (Å²) in [5.74, 6) is 7.46. The van der Waals surface area contributed by atoms with E-state index in [0.29, 0.717) is 12.3 Å². The molecule has 1 rings (SSSR count). The van der Waals surface area contributed by atoms with Crippen molar-refractivity contribution in [1.82, 2.24) is 0 Å². The lowest BCUT2D eigenvalue weighted by atomic mass is 10.1. The molecule has 0 bridgehead atoms. The van der Waals surface area contributed by atoms with Gasteiger partial charge in [0.25, 0.3) is 0 Å². The molecule has 0 amide bonds. The zero-order chi connectivity index (χ0) is 13.4. The number of hydrogen-bond acceptors (Lipinski definition) is 2. The lowest BCUT2D eigenvalue weighted by Crippen LogP contribution is -2.07. The Morgan fingerprint density at radius 3 is 2.78 bits per heavy atom.